The first-order valence-corrected chi connectivity index (χ1v) is 7.70. The molecule has 1 N–H and O–H groups in total. The van der Waals surface area contributed by atoms with Crippen LogP contribution in [-0.2, 0) is 14.9 Å². The monoisotopic (exact) mass is 296 g/mol. The first kappa shape index (κ1) is 14.8. The van der Waals surface area contributed by atoms with Crippen molar-refractivity contribution in [2.45, 2.75) is 30.8 Å². The molecule has 2 aromatic carbocycles. The van der Waals surface area contributed by atoms with Gasteiger partial charge < -0.3 is 9.84 Å². The molecule has 3 rings (SSSR count). The van der Waals surface area contributed by atoms with Gasteiger partial charge in [-0.15, -0.1) is 0 Å². The van der Waals surface area contributed by atoms with Crippen LogP contribution >= 0.6 is 0 Å². The molecule has 0 aromatic heterocycles. The van der Waals surface area contributed by atoms with Crippen molar-refractivity contribution in [3.05, 3.63) is 71.8 Å². The van der Waals surface area contributed by atoms with Crippen LogP contribution in [0.25, 0.3) is 0 Å². The third-order valence-corrected chi connectivity index (χ3v) is 4.37. The highest BCUT2D eigenvalue weighted by Gasteiger charge is 2.51. The van der Waals surface area contributed by atoms with Gasteiger partial charge in [0.15, 0.2) is 0 Å². The lowest BCUT2D eigenvalue weighted by Crippen LogP contribution is -2.33. The zero-order chi connectivity index (χ0) is 15.4. The maximum absolute atomic E-state index is 12.8. The zero-order valence-electron chi connectivity index (χ0n) is 12.4. The van der Waals surface area contributed by atoms with Crippen molar-refractivity contribution in [3.8, 4) is 0 Å². The summed E-state index contributed by atoms with van der Waals surface area (Å²) in [5.41, 5.74) is 1.21. The van der Waals surface area contributed by atoms with Gasteiger partial charge in [0, 0.05) is 13.0 Å². The molecule has 1 atom stereocenters. The van der Waals surface area contributed by atoms with E-state index in [1.54, 1.807) is 0 Å². The summed E-state index contributed by atoms with van der Waals surface area (Å²) in [5, 5.41) is 9.02. The second kappa shape index (κ2) is 6.32. The van der Waals surface area contributed by atoms with E-state index >= 15 is 0 Å². The third kappa shape index (κ3) is 2.53. The normalized spacial score (nSPS) is 19.9. The topological polar surface area (TPSA) is 46.5 Å². The van der Waals surface area contributed by atoms with Gasteiger partial charge in [-0.2, -0.15) is 0 Å². The van der Waals surface area contributed by atoms with Crippen molar-refractivity contribution < 1.29 is 14.6 Å². The Kier molecular flexibility index (Phi) is 4.25. The summed E-state index contributed by atoms with van der Waals surface area (Å²) in [5.74, 6) is -0.187. The van der Waals surface area contributed by atoms with Crippen LogP contribution in [0.1, 0.15) is 30.4 Å². The van der Waals surface area contributed by atoms with Crippen molar-refractivity contribution >= 4 is 5.97 Å². The van der Waals surface area contributed by atoms with E-state index in [0.717, 1.165) is 11.1 Å². The molecule has 3 nitrogen and oxygen atoms in total. The second-order valence-corrected chi connectivity index (χ2v) is 5.73. The van der Waals surface area contributed by atoms with Gasteiger partial charge in [0.2, 0.25) is 0 Å². The van der Waals surface area contributed by atoms with E-state index in [4.69, 9.17) is 9.84 Å². The van der Waals surface area contributed by atoms with Crippen molar-refractivity contribution in [3.63, 3.8) is 0 Å². The number of ether oxygens (including phenoxy) is 1. The van der Waals surface area contributed by atoms with Gasteiger partial charge in [0.1, 0.15) is 11.5 Å². The summed E-state index contributed by atoms with van der Waals surface area (Å²) in [6.07, 6.45) is 1.83. The molecule has 0 bridgehead atoms. The van der Waals surface area contributed by atoms with Crippen molar-refractivity contribution in [2.24, 2.45) is 0 Å². The number of aliphatic hydroxyl groups is 1. The highest BCUT2D eigenvalue weighted by atomic mass is 16.6. The molecule has 0 radical (unpaired) electrons. The number of benzene rings is 2. The van der Waals surface area contributed by atoms with Crippen molar-refractivity contribution in [1.29, 1.82) is 0 Å². The molecule has 3 heteroatoms. The number of carbonyl (C=O) groups excluding carboxylic acids is 1. The molecular weight excluding hydrogens is 276 g/mol. The van der Waals surface area contributed by atoms with Gasteiger partial charge in [0.25, 0.3) is 0 Å². The Morgan fingerprint density at radius 1 is 1.00 bits per heavy atom. The standard InChI is InChI=1S/C19H20O3/c20-13-7-12-17-14-19(18(21)22-17,15-8-3-1-4-9-15)16-10-5-2-6-11-16/h1-6,8-11,17,20H,7,12-14H2. The molecule has 1 unspecified atom stereocenters. The molecule has 1 saturated heterocycles. The molecule has 1 aliphatic rings. The SMILES string of the molecule is O=C1OC(CCCO)CC1(c1ccccc1)c1ccccc1. The van der Waals surface area contributed by atoms with Crippen molar-refractivity contribution in [2.75, 3.05) is 6.61 Å². The average molecular weight is 296 g/mol. The minimum absolute atomic E-state index is 0.123. The maximum atomic E-state index is 12.8. The Labute approximate surface area is 130 Å². The Hall–Kier alpha value is -2.13. The Balaban J connectivity index is 2.04. The highest BCUT2D eigenvalue weighted by Crippen LogP contribution is 2.44. The number of carbonyl (C=O) groups is 1. The van der Waals surface area contributed by atoms with Crippen molar-refractivity contribution in [1.82, 2.24) is 0 Å². The molecule has 1 aliphatic heterocycles. The van der Waals surface area contributed by atoms with Crippen LogP contribution in [0.5, 0.6) is 0 Å². The van der Waals surface area contributed by atoms with Gasteiger partial charge in [0.05, 0.1) is 0 Å². The van der Waals surface area contributed by atoms with Crippen LogP contribution in [0.2, 0.25) is 0 Å². The molecule has 114 valence electrons. The quantitative estimate of drug-likeness (QED) is 0.863. The smallest absolute Gasteiger partial charge is 0.321 e. The minimum Gasteiger partial charge on any atom is -0.461 e. The van der Waals surface area contributed by atoms with Crippen LogP contribution in [0.4, 0.5) is 0 Å². The molecule has 22 heavy (non-hydrogen) atoms. The molecule has 2 aromatic rings. The van der Waals surface area contributed by atoms with Gasteiger partial charge in [-0.3, -0.25) is 4.79 Å². The van der Waals surface area contributed by atoms with Crippen LogP contribution in [0, 0.1) is 0 Å². The van der Waals surface area contributed by atoms with E-state index in [1.165, 1.54) is 0 Å². The predicted molar refractivity (Wildman–Crippen MR) is 84.5 cm³/mol. The first-order chi connectivity index (χ1) is 10.8. The number of cyclic esters (lactones) is 1. The average Bonchev–Trinajstić information content (AvgIpc) is 2.92. The maximum Gasteiger partial charge on any atom is 0.321 e. The van der Waals surface area contributed by atoms with Crippen LogP contribution in [0.3, 0.4) is 0 Å². The first-order valence-electron chi connectivity index (χ1n) is 7.70. The molecule has 0 spiro atoms. The lowest BCUT2D eigenvalue weighted by molar-refractivity contribution is -0.144. The van der Waals surface area contributed by atoms with Gasteiger partial charge >= 0.3 is 5.97 Å². The third-order valence-electron chi connectivity index (χ3n) is 4.37. The fourth-order valence-corrected chi connectivity index (χ4v) is 3.28. The largest absolute Gasteiger partial charge is 0.461 e. The summed E-state index contributed by atoms with van der Waals surface area (Å²) in [7, 11) is 0. The second-order valence-electron chi connectivity index (χ2n) is 5.73. The number of aliphatic hydroxyl groups excluding tert-OH is 1. The molecule has 0 amide bonds. The lowest BCUT2D eigenvalue weighted by atomic mass is 9.72. The van der Waals surface area contributed by atoms with Crippen LogP contribution < -0.4 is 0 Å². The summed E-state index contributed by atoms with van der Waals surface area (Å²) in [6, 6.07) is 19.7. The molecular formula is C19H20O3. The van der Waals surface area contributed by atoms with E-state index in [1.807, 2.05) is 60.7 Å². The fraction of sp³-hybridized carbons (Fsp3) is 0.316. The molecule has 0 aliphatic carbocycles. The summed E-state index contributed by atoms with van der Waals surface area (Å²) < 4.78 is 5.64. The fourth-order valence-electron chi connectivity index (χ4n) is 3.28. The number of hydrogen-bond acceptors (Lipinski definition) is 3. The van der Waals surface area contributed by atoms with E-state index in [9.17, 15) is 4.79 Å². The molecule has 0 saturated carbocycles. The number of hydrogen-bond donors (Lipinski definition) is 1. The zero-order valence-corrected chi connectivity index (χ0v) is 12.4. The Morgan fingerprint density at radius 2 is 1.55 bits per heavy atom. The minimum atomic E-state index is -0.733. The van der Waals surface area contributed by atoms with Gasteiger partial charge in [-0.1, -0.05) is 60.7 Å². The molecule has 1 fully saturated rings. The predicted octanol–water partition coefficient (Wildman–Crippen LogP) is 3.06. The number of esters is 1. The Morgan fingerprint density at radius 3 is 2.05 bits per heavy atom. The van der Waals surface area contributed by atoms with E-state index < -0.39 is 5.41 Å². The van der Waals surface area contributed by atoms with Gasteiger partial charge in [-0.25, -0.2) is 0 Å². The summed E-state index contributed by atoms with van der Waals surface area (Å²) in [6.45, 7) is 0.123. The Bertz CT molecular complexity index is 582. The lowest BCUT2D eigenvalue weighted by Gasteiger charge is -2.26. The summed E-state index contributed by atoms with van der Waals surface area (Å²) in [4.78, 5) is 12.8. The van der Waals surface area contributed by atoms with E-state index in [-0.39, 0.29) is 18.7 Å². The highest BCUT2D eigenvalue weighted by molar-refractivity contribution is 5.89. The van der Waals surface area contributed by atoms with Crippen LogP contribution in [-0.4, -0.2) is 23.8 Å². The summed E-state index contributed by atoms with van der Waals surface area (Å²) >= 11 is 0. The van der Waals surface area contributed by atoms with Gasteiger partial charge in [-0.05, 0) is 24.0 Å². The van der Waals surface area contributed by atoms with E-state index in [0.29, 0.717) is 19.3 Å². The molecule has 1 heterocycles. The van der Waals surface area contributed by atoms with E-state index in [2.05, 4.69) is 0 Å². The number of rotatable bonds is 5. The van der Waals surface area contributed by atoms with Crippen LogP contribution in [0.15, 0.2) is 60.7 Å².